The molecule has 2 fully saturated rings. The summed E-state index contributed by atoms with van der Waals surface area (Å²) in [5.74, 6) is 0.970. The summed E-state index contributed by atoms with van der Waals surface area (Å²) in [7, 11) is -2.95. The second-order valence-corrected chi connectivity index (χ2v) is 11.8. The number of sulfone groups is 1. The number of likely N-dealkylation sites (tertiary alicyclic amines) is 1. The van der Waals surface area contributed by atoms with Gasteiger partial charge in [-0.05, 0) is 74.0 Å². The molecule has 33 heavy (non-hydrogen) atoms. The Bertz CT molecular complexity index is 1250. The Kier molecular flexibility index (Phi) is 6.05. The minimum absolute atomic E-state index is 0.140. The molecule has 176 valence electrons. The number of hydrogen-bond acceptors (Lipinski definition) is 5. The van der Waals surface area contributed by atoms with E-state index in [9.17, 15) is 13.2 Å². The van der Waals surface area contributed by atoms with Crippen LogP contribution in [0, 0.1) is 0 Å². The summed E-state index contributed by atoms with van der Waals surface area (Å²) in [6, 6.07) is 5.93. The summed E-state index contributed by atoms with van der Waals surface area (Å²) in [6.45, 7) is 2.98. The van der Waals surface area contributed by atoms with Crippen molar-refractivity contribution in [2.75, 3.05) is 24.6 Å². The van der Waals surface area contributed by atoms with Crippen molar-refractivity contribution in [2.45, 2.75) is 51.0 Å². The summed E-state index contributed by atoms with van der Waals surface area (Å²) in [5, 5.41) is 0.931. The maximum atomic E-state index is 12.3. The normalized spacial score (nSPS) is 20.1. The van der Waals surface area contributed by atoms with Gasteiger partial charge in [-0.1, -0.05) is 12.8 Å². The van der Waals surface area contributed by atoms with Gasteiger partial charge in [-0.15, -0.1) is 0 Å². The van der Waals surface area contributed by atoms with Gasteiger partial charge in [0.1, 0.15) is 15.6 Å². The van der Waals surface area contributed by atoms with E-state index in [4.69, 9.17) is 10.2 Å². The maximum Gasteiger partial charge on any atom is 0.250 e. The number of nitrogens with zero attached hydrogens (tertiary/aromatic N) is 1. The zero-order valence-corrected chi connectivity index (χ0v) is 19.6. The SMILES string of the molecule is NC(=O)c1cc(-c2coc(CN3CCCCCC3)c2)cc2c(C3CCS(=O)(=O)CC3)c[nH]c12. The van der Waals surface area contributed by atoms with Gasteiger partial charge in [0.2, 0.25) is 0 Å². The summed E-state index contributed by atoms with van der Waals surface area (Å²) < 4.78 is 29.7. The van der Waals surface area contributed by atoms with Gasteiger partial charge in [0.05, 0.1) is 35.4 Å². The molecule has 1 aromatic carbocycles. The third-order valence-corrected chi connectivity index (χ3v) is 8.86. The zero-order chi connectivity index (χ0) is 23.0. The monoisotopic (exact) mass is 469 g/mol. The Morgan fingerprint density at radius 2 is 1.79 bits per heavy atom. The van der Waals surface area contributed by atoms with Crippen LogP contribution in [-0.4, -0.2) is 48.8 Å². The number of nitrogens with two attached hydrogens (primary N) is 1. The predicted molar refractivity (Wildman–Crippen MR) is 129 cm³/mol. The average molecular weight is 470 g/mol. The highest BCUT2D eigenvalue weighted by molar-refractivity contribution is 7.91. The fourth-order valence-electron chi connectivity index (χ4n) is 5.28. The molecule has 3 aromatic rings. The first-order valence-electron chi connectivity index (χ1n) is 11.8. The lowest BCUT2D eigenvalue weighted by atomic mass is 9.91. The Morgan fingerprint density at radius 3 is 2.48 bits per heavy atom. The molecule has 5 rings (SSSR count). The third kappa shape index (κ3) is 4.73. The molecule has 0 atom stereocenters. The number of H-pyrrole nitrogens is 1. The maximum absolute atomic E-state index is 12.3. The van der Waals surface area contributed by atoms with Crippen LogP contribution < -0.4 is 5.73 Å². The van der Waals surface area contributed by atoms with Gasteiger partial charge >= 0.3 is 0 Å². The quantitative estimate of drug-likeness (QED) is 0.582. The number of nitrogens with one attached hydrogen (secondary N) is 1. The second-order valence-electron chi connectivity index (χ2n) is 9.47. The number of amides is 1. The van der Waals surface area contributed by atoms with E-state index in [2.05, 4.69) is 22.0 Å². The fourth-order valence-corrected chi connectivity index (χ4v) is 6.77. The Balaban J connectivity index is 1.47. The van der Waals surface area contributed by atoms with Crippen molar-refractivity contribution in [3.8, 4) is 11.1 Å². The van der Waals surface area contributed by atoms with Crippen LogP contribution in [0.25, 0.3) is 22.0 Å². The number of benzene rings is 1. The number of aromatic nitrogens is 1. The Labute approximate surface area is 194 Å². The summed E-state index contributed by atoms with van der Waals surface area (Å²) in [5.41, 5.74) is 9.73. The molecule has 4 heterocycles. The number of primary amides is 1. The van der Waals surface area contributed by atoms with Crippen molar-refractivity contribution in [3.05, 3.63) is 47.5 Å². The van der Waals surface area contributed by atoms with Gasteiger partial charge in [0.25, 0.3) is 5.91 Å². The number of rotatable bonds is 5. The molecule has 2 saturated heterocycles. The van der Waals surface area contributed by atoms with Crippen molar-refractivity contribution in [1.82, 2.24) is 9.88 Å². The zero-order valence-electron chi connectivity index (χ0n) is 18.8. The van der Waals surface area contributed by atoms with E-state index in [-0.39, 0.29) is 17.4 Å². The molecule has 0 spiro atoms. The first-order valence-corrected chi connectivity index (χ1v) is 13.7. The molecule has 2 aromatic heterocycles. The predicted octanol–water partition coefficient (Wildman–Crippen LogP) is 4.20. The minimum Gasteiger partial charge on any atom is -0.467 e. The number of fused-ring (bicyclic) bond motifs is 1. The van der Waals surface area contributed by atoms with Crippen LogP contribution in [0.4, 0.5) is 0 Å². The molecule has 0 saturated carbocycles. The van der Waals surface area contributed by atoms with Gasteiger partial charge in [-0.25, -0.2) is 8.42 Å². The number of hydrogen-bond donors (Lipinski definition) is 2. The molecule has 7 nitrogen and oxygen atoms in total. The summed E-state index contributed by atoms with van der Waals surface area (Å²) in [4.78, 5) is 17.9. The average Bonchev–Trinajstić information content (AvgIpc) is 3.34. The van der Waals surface area contributed by atoms with Crippen LogP contribution in [0.3, 0.4) is 0 Å². The van der Waals surface area contributed by atoms with Crippen molar-refractivity contribution in [1.29, 1.82) is 0 Å². The lowest BCUT2D eigenvalue weighted by Gasteiger charge is -2.21. The third-order valence-electron chi connectivity index (χ3n) is 7.15. The topological polar surface area (TPSA) is 109 Å². The fraction of sp³-hybridized carbons (Fsp3) is 0.480. The molecule has 3 N–H and O–H groups in total. The Morgan fingerprint density at radius 1 is 1.06 bits per heavy atom. The lowest BCUT2D eigenvalue weighted by molar-refractivity contribution is 0.100. The van der Waals surface area contributed by atoms with E-state index in [1.54, 1.807) is 6.26 Å². The molecule has 0 bridgehead atoms. The standard InChI is InChI=1S/C25H31N3O4S/c26-25(29)22-13-18(19-11-20(32-16-19)15-28-7-3-1-2-4-8-28)12-21-23(14-27-24(21)22)17-5-9-33(30,31)10-6-17/h11-14,16-17,27H,1-10,15H2,(H2,26,29). The first kappa shape index (κ1) is 22.2. The van der Waals surface area contributed by atoms with Crippen LogP contribution >= 0.6 is 0 Å². The molecular formula is C25H31N3O4S. The molecule has 2 aliphatic heterocycles. The first-order chi connectivity index (χ1) is 15.9. The van der Waals surface area contributed by atoms with Gasteiger partial charge in [-0.2, -0.15) is 0 Å². The highest BCUT2D eigenvalue weighted by Gasteiger charge is 2.27. The van der Waals surface area contributed by atoms with E-state index >= 15 is 0 Å². The van der Waals surface area contributed by atoms with Crippen molar-refractivity contribution in [3.63, 3.8) is 0 Å². The number of aromatic amines is 1. The van der Waals surface area contributed by atoms with Crippen molar-refractivity contribution < 1.29 is 17.6 Å². The van der Waals surface area contributed by atoms with Gasteiger partial charge in [0, 0.05) is 17.1 Å². The molecule has 1 amide bonds. The van der Waals surface area contributed by atoms with Crippen LogP contribution in [-0.2, 0) is 16.4 Å². The van der Waals surface area contributed by atoms with Crippen LogP contribution in [0.2, 0.25) is 0 Å². The van der Waals surface area contributed by atoms with Crippen molar-refractivity contribution >= 4 is 26.6 Å². The molecule has 0 unspecified atom stereocenters. The Hall–Kier alpha value is -2.58. The summed E-state index contributed by atoms with van der Waals surface area (Å²) >= 11 is 0. The van der Waals surface area contributed by atoms with E-state index in [1.165, 1.54) is 25.7 Å². The van der Waals surface area contributed by atoms with Gasteiger partial charge < -0.3 is 15.1 Å². The second kappa shape index (κ2) is 8.99. The summed E-state index contributed by atoms with van der Waals surface area (Å²) in [6.07, 6.45) is 9.88. The van der Waals surface area contributed by atoms with Gasteiger partial charge in [0.15, 0.2) is 0 Å². The lowest BCUT2D eigenvalue weighted by Crippen LogP contribution is -2.23. The minimum atomic E-state index is -2.95. The van der Waals surface area contributed by atoms with E-state index in [1.807, 2.05) is 12.3 Å². The number of furan rings is 1. The van der Waals surface area contributed by atoms with Gasteiger partial charge in [-0.3, -0.25) is 9.69 Å². The molecule has 2 aliphatic rings. The largest absolute Gasteiger partial charge is 0.467 e. The molecule has 8 heteroatoms. The van der Waals surface area contributed by atoms with Crippen LogP contribution in [0.1, 0.15) is 66.1 Å². The molecule has 0 radical (unpaired) electrons. The smallest absolute Gasteiger partial charge is 0.250 e. The van der Waals surface area contributed by atoms with Crippen LogP contribution in [0.15, 0.2) is 35.1 Å². The van der Waals surface area contributed by atoms with E-state index in [0.29, 0.717) is 23.9 Å². The number of carbonyl (C=O) groups excluding carboxylic acids is 1. The van der Waals surface area contributed by atoms with Crippen molar-refractivity contribution in [2.24, 2.45) is 5.73 Å². The highest BCUT2D eigenvalue weighted by Crippen LogP contribution is 2.37. The van der Waals surface area contributed by atoms with Crippen LogP contribution in [0.5, 0.6) is 0 Å². The molecular weight excluding hydrogens is 438 g/mol. The molecule has 0 aliphatic carbocycles. The van der Waals surface area contributed by atoms with E-state index < -0.39 is 15.7 Å². The highest BCUT2D eigenvalue weighted by atomic mass is 32.2. The van der Waals surface area contributed by atoms with E-state index in [0.717, 1.165) is 47.5 Å². The number of carbonyl (C=O) groups is 1.